The summed E-state index contributed by atoms with van der Waals surface area (Å²) in [4.78, 5) is 22.1. The van der Waals surface area contributed by atoms with E-state index < -0.39 is 44.9 Å². The van der Waals surface area contributed by atoms with Gasteiger partial charge in [0, 0.05) is 13.1 Å². The molecule has 20 heavy (non-hydrogen) atoms. The molecule has 6 nitrogen and oxygen atoms in total. The predicted molar refractivity (Wildman–Crippen MR) is 61.7 cm³/mol. The van der Waals surface area contributed by atoms with Crippen molar-refractivity contribution in [1.82, 2.24) is 4.90 Å². The Bertz CT molecular complexity index is 515. The molecular formula is C10H14F3NO5S. The summed E-state index contributed by atoms with van der Waals surface area (Å²) >= 11 is 0. The van der Waals surface area contributed by atoms with Crippen LogP contribution in [0, 0.1) is 0 Å². The van der Waals surface area contributed by atoms with Gasteiger partial charge in [-0.3, -0.25) is 9.59 Å². The highest BCUT2D eigenvalue weighted by atomic mass is 32.2. The first-order chi connectivity index (χ1) is 8.89. The number of likely N-dealkylation sites (tertiary alicyclic amines) is 1. The summed E-state index contributed by atoms with van der Waals surface area (Å²) in [5.74, 6) is -4.85. The van der Waals surface area contributed by atoms with Gasteiger partial charge < -0.3 is 10.0 Å². The minimum absolute atomic E-state index is 0.0181. The summed E-state index contributed by atoms with van der Waals surface area (Å²) in [7, 11) is -4.15. The fraction of sp³-hybridized carbons (Fsp3) is 0.800. The van der Waals surface area contributed by atoms with Gasteiger partial charge in [0.2, 0.25) is 0 Å². The van der Waals surface area contributed by atoms with E-state index in [2.05, 4.69) is 0 Å². The highest BCUT2D eigenvalue weighted by Crippen LogP contribution is 2.31. The number of sulfone groups is 1. The Hall–Kier alpha value is -1.32. The molecule has 0 aliphatic carbocycles. The van der Waals surface area contributed by atoms with E-state index >= 15 is 0 Å². The molecule has 1 saturated heterocycles. The number of carbonyl (C=O) groups is 2. The van der Waals surface area contributed by atoms with E-state index in [1.165, 1.54) is 6.92 Å². The van der Waals surface area contributed by atoms with Crippen LogP contribution in [-0.4, -0.2) is 60.1 Å². The summed E-state index contributed by atoms with van der Waals surface area (Å²) in [5, 5.41) is 8.56. The summed E-state index contributed by atoms with van der Waals surface area (Å²) in [6, 6.07) is 0. The molecular weight excluding hydrogens is 303 g/mol. The number of amides is 1. The topological polar surface area (TPSA) is 91.8 Å². The van der Waals surface area contributed by atoms with Crippen molar-refractivity contribution in [3.63, 3.8) is 0 Å². The first-order valence-electron chi connectivity index (χ1n) is 5.69. The van der Waals surface area contributed by atoms with Crippen LogP contribution in [0.5, 0.6) is 0 Å². The highest BCUT2D eigenvalue weighted by Gasteiger charge is 2.49. The second-order valence-electron chi connectivity index (χ2n) is 4.93. The van der Waals surface area contributed by atoms with Crippen molar-refractivity contribution in [2.45, 2.75) is 30.7 Å². The maximum Gasteiger partial charge on any atom is 0.471 e. The first-order valence-corrected chi connectivity index (χ1v) is 7.34. The smallest absolute Gasteiger partial charge is 0.471 e. The third-order valence-electron chi connectivity index (χ3n) is 3.25. The number of carboxylic acids is 1. The molecule has 1 rings (SSSR count). The Morgan fingerprint density at radius 1 is 1.35 bits per heavy atom. The Balaban J connectivity index is 2.98. The average Bonchev–Trinajstić information content (AvgIpc) is 2.24. The van der Waals surface area contributed by atoms with Crippen molar-refractivity contribution in [2.24, 2.45) is 0 Å². The molecule has 1 N–H and O–H groups in total. The van der Waals surface area contributed by atoms with Gasteiger partial charge in [0.15, 0.2) is 9.84 Å². The highest BCUT2D eigenvalue weighted by molar-refractivity contribution is 7.93. The second kappa shape index (κ2) is 5.23. The molecule has 1 unspecified atom stereocenters. The van der Waals surface area contributed by atoms with E-state index in [0.29, 0.717) is 4.90 Å². The van der Waals surface area contributed by atoms with Crippen LogP contribution in [0.2, 0.25) is 0 Å². The first kappa shape index (κ1) is 16.7. The molecule has 0 radical (unpaired) electrons. The number of alkyl halides is 3. The van der Waals surface area contributed by atoms with Crippen LogP contribution in [0.25, 0.3) is 0 Å². The van der Waals surface area contributed by atoms with Crippen molar-refractivity contribution in [3.8, 4) is 0 Å². The van der Waals surface area contributed by atoms with Gasteiger partial charge in [0.05, 0.1) is 4.75 Å². The van der Waals surface area contributed by atoms with Gasteiger partial charge >= 0.3 is 18.1 Å². The number of carbonyl (C=O) groups excluding carboxylic acids is 1. The van der Waals surface area contributed by atoms with E-state index in [9.17, 15) is 31.2 Å². The van der Waals surface area contributed by atoms with Crippen LogP contribution in [0.1, 0.15) is 19.8 Å². The molecule has 0 aromatic rings. The number of hydrogen-bond acceptors (Lipinski definition) is 4. The second-order valence-corrected chi connectivity index (χ2v) is 7.43. The number of hydrogen-bond donors (Lipinski definition) is 1. The lowest BCUT2D eigenvalue weighted by molar-refractivity contribution is -0.186. The molecule has 1 atom stereocenters. The number of carboxylic acid groups (broad SMARTS) is 1. The third-order valence-corrected chi connectivity index (χ3v) is 5.71. The van der Waals surface area contributed by atoms with Gasteiger partial charge in [0.1, 0.15) is 5.75 Å². The lowest BCUT2D eigenvalue weighted by Crippen LogP contribution is -2.56. The number of nitrogens with zero attached hydrogens (tertiary/aromatic N) is 1. The zero-order valence-electron chi connectivity index (χ0n) is 10.6. The van der Waals surface area contributed by atoms with Crippen LogP contribution in [-0.2, 0) is 19.4 Å². The lowest BCUT2D eigenvalue weighted by Gasteiger charge is -2.39. The number of rotatable bonds is 3. The van der Waals surface area contributed by atoms with E-state index in [1.54, 1.807) is 0 Å². The van der Waals surface area contributed by atoms with Crippen LogP contribution < -0.4 is 0 Å². The standard InChI is InChI=1S/C10H14F3NO5S/c1-9(20(18,19)5-7(15)16)3-2-4-14(6-9)8(17)10(11,12)13/h2-6H2,1H3,(H,15,16). The normalized spacial score (nSPS) is 24.5. The minimum atomic E-state index is -5.07. The van der Waals surface area contributed by atoms with Gasteiger partial charge in [-0.2, -0.15) is 13.2 Å². The molecule has 1 aliphatic heterocycles. The van der Waals surface area contributed by atoms with Crippen molar-refractivity contribution in [3.05, 3.63) is 0 Å². The fourth-order valence-electron chi connectivity index (χ4n) is 2.15. The van der Waals surface area contributed by atoms with E-state index in [4.69, 9.17) is 5.11 Å². The largest absolute Gasteiger partial charge is 0.480 e. The van der Waals surface area contributed by atoms with Crippen molar-refractivity contribution in [2.75, 3.05) is 18.8 Å². The minimum Gasteiger partial charge on any atom is -0.480 e. The molecule has 0 aromatic carbocycles. The maximum atomic E-state index is 12.4. The van der Waals surface area contributed by atoms with Gasteiger partial charge in [-0.05, 0) is 19.8 Å². The molecule has 1 aliphatic rings. The SMILES string of the molecule is CC1(S(=O)(=O)CC(=O)O)CCCN(C(=O)C(F)(F)F)C1. The molecule has 0 spiro atoms. The van der Waals surface area contributed by atoms with Crippen LogP contribution >= 0.6 is 0 Å². The van der Waals surface area contributed by atoms with E-state index in [0.717, 1.165) is 0 Å². The number of aliphatic carboxylic acids is 1. The summed E-state index contributed by atoms with van der Waals surface area (Å²) in [6.45, 7) is 0.318. The van der Waals surface area contributed by atoms with Crippen molar-refractivity contribution in [1.29, 1.82) is 0 Å². The average molecular weight is 317 g/mol. The Kier molecular flexibility index (Phi) is 4.37. The van der Waals surface area contributed by atoms with Crippen LogP contribution in [0.15, 0.2) is 0 Å². The molecule has 0 bridgehead atoms. The van der Waals surface area contributed by atoms with Gasteiger partial charge in [-0.25, -0.2) is 8.42 Å². The molecule has 1 amide bonds. The molecule has 116 valence electrons. The van der Waals surface area contributed by atoms with Crippen molar-refractivity contribution < 1.29 is 36.3 Å². The van der Waals surface area contributed by atoms with E-state index in [1.807, 2.05) is 0 Å². The fourth-order valence-corrected chi connectivity index (χ4v) is 3.63. The van der Waals surface area contributed by atoms with Gasteiger partial charge in [-0.1, -0.05) is 0 Å². The van der Waals surface area contributed by atoms with Crippen LogP contribution in [0.3, 0.4) is 0 Å². The number of halogens is 3. The summed E-state index contributed by atoms with van der Waals surface area (Å²) < 4.78 is 59.3. The Morgan fingerprint density at radius 3 is 2.35 bits per heavy atom. The monoisotopic (exact) mass is 317 g/mol. The molecule has 0 aromatic heterocycles. The zero-order valence-corrected chi connectivity index (χ0v) is 11.4. The number of piperidine rings is 1. The molecule has 10 heteroatoms. The lowest BCUT2D eigenvalue weighted by atomic mass is 9.99. The Labute approximate surface area is 113 Å². The Morgan fingerprint density at radius 2 is 1.90 bits per heavy atom. The van der Waals surface area contributed by atoms with E-state index in [-0.39, 0.29) is 19.4 Å². The molecule has 0 saturated carbocycles. The van der Waals surface area contributed by atoms with Crippen LogP contribution in [0.4, 0.5) is 13.2 Å². The molecule has 1 fully saturated rings. The van der Waals surface area contributed by atoms with Gasteiger partial charge in [-0.15, -0.1) is 0 Å². The summed E-state index contributed by atoms with van der Waals surface area (Å²) in [5.41, 5.74) is 0. The maximum absolute atomic E-state index is 12.4. The van der Waals surface area contributed by atoms with Gasteiger partial charge in [0.25, 0.3) is 0 Å². The quantitative estimate of drug-likeness (QED) is 0.815. The molecule has 1 heterocycles. The third kappa shape index (κ3) is 3.41. The summed E-state index contributed by atoms with van der Waals surface area (Å²) in [6.07, 6.45) is -4.99. The van der Waals surface area contributed by atoms with Crippen molar-refractivity contribution >= 4 is 21.7 Å². The predicted octanol–water partition coefficient (Wildman–Crippen LogP) is 0.429. The zero-order chi connectivity index (χ0) is 15.8.